The minimum absolute atomic E-state index is 0.00623. The monoisotopic (exact) mass is 475 g/mol. The lowest BCUT2D eigenvalue weighted by atomic mass is 10.1. The molecule has 0 aliphatic carbocycles. The Labute approximate surface area is 188 Å². The zero-order valence-electron chi connectivity index (χ0n) is 17.2. The van der Waals surface area contributed by atoms with E-state index in [1.165, 1.54) is 11.3 Å². The van der Waals surface area contributed by atoms with Crippen LogP contribution in [0.3, 0.4) is 0 Å². The van der Waals surface area contributed by atoms with Gasteiger partial charge in [0, 0.05) is 18.4 Å². The van der Waals surface area contributed by atoms with E-state index < -0.39 is 27.7 Å². The first-order chi connectivity index (χ1) is 15.2. The molecule has 12 heteroatoms. The van der Waals surface area contributed by atoms with E-state index in [2.05, 4.69) is 20.9 Å². The van der Waals surface area contributed by atoms with Crippen LogP contribution in [0.2, 0.25) is 0 Å². The van der Waals surface area contributed by atoms with E-state index in [1.807, 2.05) is 30.3 Å². The minimum Gasteiger partial charge on any atom is -0.273 e. The molecule has 2 aliphatic heterocycles. The quantitative estimate of drug-likeness (QED) is 0.634. The molecule has 3 heterocycles. The number of nitrogens with zero attached hydrogens (tertiary/aromatic N) is 3. The molecular weight excluding hydrogens is 454 g/mol. The number of thiazole rings is 1. The molecule has 1 atom stereocenters. The molecule has 0 bridgehead atoms. The lowest BCUT2D eigenvalue weighted by Crippen LogP contribution is -2.48. The number of hydrogen-bond acceptors (Lipinski definition) is 8. The van der Waals surface area contributed by atoms with E-state index in [1.54, 1.807) is 6.92 Å². The summed E-state index contributed by atoms with van der Waals surface area (Å²) in [6.45, 7) is 1.71. The Bertz CT molecular complexity index is 1210. The van der Waals surface area contributed by atoms with Crippen molar-refractivity contribution in [2.75, 3.05) is 11.5 Å². The van der Waals surface area contributed by atoms with Gasteiger partial charge in [0.25, 0.3) is 11.8 Å². The third kappa shape index (κ3) is 4.70. The normalized spacial score (nSPS) is 20.0. The molecule has 2 aliphatic rings. The molecule has 4 rings (SSSR count). The lowest BCUT2D eigenvalue weighted by molar-refractivity contribution is -0.133. The van der Waals surface area contributed by atoms with Gasteiger partial charge in [-0.3, -0.25) is 25.2 Å². The highest BCUT2D eigenvalue weighted by Gasteiger charge is 2.37. The summed E-state index contributed by atoms with van der Waals surface area (Å²) in [6, 6.07) is 8.87. The fourth-order valence-electron chi connectivity index (χ4n) is 3.54. The standard InChI is InChI=1S/C20H21N5O5S2/c1-12-17(31-20(21-12)13-5-3-2-4-6-13)19(28)23-22-18(27)15-7-8-16(26)25(24-15)14-9-10-32(29,30)11-14/h2-6,14H,7-11H2,1H3,(H,22,27)(H,23,28). The number of aryl methyl sites for hydroxylation is 1. The predicted molar refractivity (Wildman–Crippen MR) is 118 cm³/mol. The SMILES string of the molecule is Cc1nc(-c2ccccc2)sc1C(=O)NNC(=O)C1=NN(C2CCS(=O)(=O)C2)C(=O)CC1. The zero-order chi connectivity index (χ0) is 22.9. The molecule has 0 saturated carbocycles. The highest BCUT2D eigenvalue weighted by molar-refractivity contribution is 7.91. The van der Waals surface area contributed by atoms with Gasteiger partial charge in [-0.15, -0.1) is 11.3 Å². The molecule has 32 heavy (non-hydrogen) atoms. The Balaban J connectivity index is 1.41. The maximum Gasteiger partial charge on any atom is 0.285 e. The van der Waals surface area contributed by atoms with Crippen molar-refractivity contribution in [3.63, 3.8) is 0 Å². The molecule has 10 nitrogen and oxygen atoms in total. The van der Waals surface area contributed by atoms with Crippen molar-refractivity contribution in [3.8, 4) is 10.6 Å². The number of aromatic nitrogens is 1. The van der Waals surface area contributed by atoms with Crippen LogP contribution in [0.5, 0.6) is 0 Å². The molecule has 0 radical (unpaired) electrons. The fraction of sp³-hybridized carbons (Fsp3) is 0.350. The highest BCUT2D eigenvalue weighted by Crippen LogP contribution is 2.27. The maximum atomic E-state index is 12.6. The van der Waals surface area contributed by atoms with Crippen LogP contribution in [0, 0.1) is 6.92 Å². The molecule has 1 saturated heterocycles. The van der Waals surface area contributed by atoms with Crippen LogP contribution in [-0.2, 0) is 19.4 Å². The number of sulfone groups is 1. The second kappa shape index (κ2) is 8.79. The van der Waals surface area contributed by atoms with Crippen molar-refractivity contribution in [3.05, 3.63) is 40.9 Å². The molecular formula is C20H21N5O5S2. The van der Waals surface area contributed by atoms with Crippen molar-refractivity contribution < 1.29 is 22.8 Å². The molecule has 3 amide bonds. The number of carbonyl (C=O) groups is 3. The summed E-state index contributed by atoms with van der Waals surface area (Å²) in [7, 11) is -3.21. The molecule has 1 fully saturated rings. The maximum absolute atomic E-state index is 12.6. The van der Waals surface area contributed by atoms with Crippen LogP contribution in [0.4, 0.5) is 0 Å². The second-order valence-corrected chi connectivity index (χ2v) is 10.8. The van der Waals surface area contributed by atoms with Crippen molar-refractivity contribution in [2.45, 2.75) is 32.2 Å². The van der Waals surface area contributed by atoms with Gasteiger partial charge in [0.1, 0.15) is 15.6 Å². The molecule has 1 aromatic heterocycles. The Morgan fingerprint density at radius 2 is 1.84 bits per heavy atom. The number of rotatable bonds is 4. The fourth-order valence-corrected chi connectivity index (χ4v) is 6.20. The van der Waals surface area contributed by atoms with Crippen LogP contribution in [0.1, 0.15) is 34.6 Å². The highest BCUT2D eigenvalue weighted by atomic mass is 32.2. The topological polar surface area (TPSA) is 138 Å². The van der Waals surface area contributed by atoms with Crippen molar-refractivity contribution in [2.24, 2.45) is 5.10 Å². The van der Waals surface area contributed by atoms with E-state index in [4.69, 9.17) is 0 Å². The molecule has 1 aromatic carbocycles. The lowest BCUT2D eigenvalue weighted by Gasteiger charge is -2.27. The smallest absolute Gasteiger partial charge is 0.273 e. The average molecular weight is 476 g/mol. The van der Waals surface area contributed by atoms with E-state index in [-0.39, 0.29) is 42.4 Å². The molecule has 0 spiro atoms. The van der Waals surface area contributed by atoms with E-state index in [0.29, 0.717) is 15.6 Å². The minimum atomic E-state index is -3.21. The van der Waals surface area contributed by atoms with Gasteiger partial charge in [0.15, 0.2) is 9.84 Å². The van der Waals surface area contributed by atoms with Gasteiger partial charge in [0.05, 0.1) is 23.2 Å². The predicted octanol–water partition coefficient (Wildman–Crippen LogP) is 1.05. The van der Waals surface area contributed by atoms with E-state index in [0.717, 1.165) is 10.6 Å². The number of hydrogen-bond donors (Lipinski definition) is 2. The molecule has 2 aromatic rings. The van der Waals surface area contributed by atoms with E-state index >= 15 is 0 Å². The summed E-state index contributed by atoms with van der Waals surface area (Å²) in [4.78, 5) is 42.1. The zero-order valence-corrected chi connectivity index (χ0v) is 18.8. The summed E-state index contributed by atoms with van der Waals surface area (Å²) < 4.78 is 23.4. The van der Waals surface area contributed by atoms with E-state index in [9.17, 15) is 22.8 Å². The summed E-state index contributed by atoms with van der Waals surface area (Å²) in [5, 5.41) is 5.88. The molecule has 2 N–H and O–H groups in total. The van der Waals surface area contributed by atoms with Gasteiger partial charge in [-0.05, 0) is 13.3 Å². The summed E-state index contributed by atoms with van der Waals surface area (Å²) in [6.07, 6.45) is 0.441. The number of nitrogens with one attached hydrogen (secondary N) is 2. The summed E-state index contributed by atoms with van der Waals surface area (Å²) in [5.41, 5.74) is 6.17. The Hall–Kier alpha value is -3.12. The van der Waals surface area contributed by atoms with Crippen LogP contribution < -0.4 is 10.9 Å². The third-order valence-electron chi connectivity index (χ3n) is 5.19. The number of carbonyl (C=O) groups excluding carboxylic acids is 3. The first kappa shape index (κ1) is 22.1. The van der Waals surface area contributed by atoms with Gasteiger partial charge in [-0.25, -0.2) is 18.4 Å². The van der Waals surface area contributed by atoms with Crippen molar-refractivity contribution >= 4 is 44.6 Å². The molecule has 168 valence electrons. The van der Waals surface area contributed by atoms with Crippen LogP contribution in [0.15, 0.2) is 35.4 Å². The first-order valence-electron chi connectivity index (χ1n) is 9.97. The third-order valence-corrected chi connectivity index (χ3v) is 8.14. The second-order valence-electron chi connectivity index (χ2n) is 7.55. The summed E-state index contributed by atoms with van der Waals surface area (Å²) >= 11 is 1.21. The Morgan fingerprint density at radius 1 is 1.12 bits per heavy atom. The Morgan fingerprint density at radius 3 is 2.53 bits per heavy atom. The van der Waals surface area contributed by atoms with Gasteiger partial charge in [-0.1, -0.05) is 30.3 Å². The van der Waals surface area contributed by atoms with Gasteiger partial charge in [-0.2, -0.15) is 5.10 Å². The number of hydrazone groups is 1. The van der Waals surface area contributed by atoms with Crippen molar-refractivity contribution in [1.29, 1.82) is 0 Å². The van der Waals surface area contributed by atoms with Crippen molar-refractivity contribution in [1.82, 2.24) is 20.8 Å². The Kier molecular flexibility index (Phi) is 6.07. The molecule has 1 unspecified atom stereocenters. The number of amides is 3. The number of hydrazine groups is 1. The van der Waals surface area contributed by atoms with Crippen LogP contribution in [-0.4, -0.2) is 59.4 Å². The number of benzene rings is 1. The first-order valence-corrected chi connectivity index (χ1v) is 12.6. The average Bonchev–Trinajstić information content (AvgIpc) is 3.34. The van der Waals surface area contributed by atoms with Gasteiger partial charge in [0.2, 0.25) is 5.91 Å². The van der Waals surface area contributed by atoms with Crippen LogP contribution >= 0.6 is 11.3 Å². The van der Waals surface area contributed by atoms with Gasteiger partial charge >= 0.3 is 0 Å². The van der Waals surface area contributed by atoms with Crippen LogP contribution in [0.25, 0.3) is 10.6 Å². The largest absolute Gasteiger partial charge is 0.285 e. The van der Waals surface area contributed by atoms with Gasteiger partial charge < -0.3 is 0 Å². The summed E-state index contributed by atoms with van der Waals surface area (Å²) in [5.74, 6) is -1.65.